The Labute approximate surface area is 108 Å². The lowest BCUT2D eigenvalue weighted by Gasteiger charge is -2.15. The number of benzene rings is 1. The molecule has 0 saturated carbocycles. The number of nitrogens with one attached hydrogen (secondary N) is 1. The van der Waals surface area contributed by atoms with Crippen LogP contribution in [-0.4, -0.2) is 20.1 Å². The molecule has 18 heavy (non-hydrogen) atoms. The van der Waals surface area contributed by atoms with E-state index in [0.717, 1.165) is 11.3 Å². The summed E-state index contributed by atoms with van der Waals surface area (Å²) in [5.41, 5.74) is 1.56. The third-order valence-electron chi connectivity index (χ3n) is 2.65. The summed E-state index contributed by atoms with van der Waals surface area (Å²) in [6.07, 6.45) is 0.494. The Hall–Kier alpha value is -1.71. The number of anilines is 1. The van der Waals surface area contributed by atoms with Crippen LogP contribution in [0.3, 0.4) is 0 Å². The smallest absolute Gasteiger partial charge is 0.224 e. The van der Waals surface area contributed by atoms with Gasteiger partial charge in [0.1, 0.15) is 11.5 Å². The molecule has 100 valence electrons. The second-order valence-corrected chi connectivity index (χ2v) is 4.62. The molecule has 1 N–H and O–H groups in total. The van der Waals surface area contributed by atoms with Crippen molar-refractivity contribution in [3.8, 4) is 11.5 Å². The summed E-state index contributed by atoms with van der Waals surface area (Å²) in [5.74, 6) is 1.71. The lowest BCUT2D eigenvalue weighted by atomic mass is 10.1. The number of hydrogen-bond donors (Lipinski definition) is 1. The summed E-state index contributed by atoms with van der Waals surface area (Å²) in [5, 5.41) is 2.87. The summed E-state index contributed by atoms with van der Waals surface area (Å²) >= 11 is 0. The maximum absolute atomic E-state index is 11.8. The molecule has 0 aliphatic carbocycles. The molecule has 0 bridgehead atoms. The van der Waals surface area contributed by atoms with Crippen molar-refractivity contribution in [1.82, 2.24) is 0 Å². The molecule has 1 rings (SSSR count). The van der Waals surface area contributed by atoms with Gasteiger partial charge in [0.2, 0.25) is 5.91 Å². The van der Waals surface area contributed by atoms with Gasteiger partial charge in [-0.15, -0.1) is 0 Å². The Morgan fingerprint density at radius 2 is 1.94 bits per heavy atom. The van der Waals surface area contributed by atoms with Crippen molar-refractivity contribution in [3.05, 3.63) is 17.7 Å². The third kappa shape index (κ3) is 3.39. The maximum Gasteiger partial charge on any atom is 0.224 e. The first-order valence-corrected chi connectivity index (χ1v) is 6.01. The van der Waals surface area contributed by atoms with E-state index in [-0.39, 0.29) is 5.91 Å². The molecule has 1 aromatic rings. The van der Waals surface area contributed by atoms with E-state index in [0.29, 0.717) is 23.8 Å². The molecule has 1 amide bonds. The fraction of sp³-hybridized carbons (Fsp3) is 0.500. The molecule has 0 saturated heterocycles. The zero-order valence-electron chi connectivity index (χ0n) is 11.7. The molecule has 1 aromatic carbocycles. The van der Waals surface area contributed by atoms with Gasteiger partial charge < -0.3 is 14.8 Å². The minimum atomic E-state index is -0.00660. The minimum absolute atomic E-state index is 0.00660. The normalized spacial score (nSPS) is 10.3. The van der Waals surface area contributed by atoms with Crippen LogP contribution in [0.25, 0.3) is 0 Å². The third-order valence-corrected chi connectivity index (χ3v) is 2.65. The van der Waals surface area contributed by atoms with Gasteiger partial charge in [0, 0.05) is 12.0 Å². The standard InChI is InChI=1S/C14H21NO3/c1-9(2)8-13(16)15-11-6-7-12(17-4)10(3)14(11)18-5/h6-7,9H,8H2,1-5H3,(H,15,16). The van der Waals surface area contributed by atoms with E-state index in [2.05, 4.69) is 5.32 Å². The first-order valence-electron chi connectivity index (χ1n) is 6.01. The number of methoxy groups -OCH3 is 2. The quantitative estimate of drug-likeness (QED) is 0.875. The van der Waals surface area contributed by atoms with Crippen LogP contribution in [0, 0.1) is 12.8 Å². The van der Waals surface area contributed by atoms with Gasteiger partial charge in [0.15, 0.2) is 0 Å². The Morgan fingerprint density at radius 3 is 2.44 bits per heavy atom. The van der Waals surface area contributed by atoms with Crippen LogP contribution in [0.2, 0.25) is 0 Å². The minimum Gasteiger partial charge on any atom is -0.496 e. The van der Waals surface area contributed by atoms with Crippen LogP contribution in [0.1, 0.15) is 25.8 Å². The fourth-order valence-electron chi connectivity index (χ4n) is 1.83. The molecule has 4 heteroatoms. The fourth-order valence-corrected chi connectivity index (χ4v) is 1.83. The second-order valence-electron chi connectivity index (χ2n) is 4.62. The van der Waals surface area contributed by atoms with Crippen LogP contribution >= 0.6 is 0 Å². The lowest BCUT2D eigenvalue weighted by molar-refractivity contribution is -0.116. The van der Waals surface area contributed by atoms with Crippen molar-refractivity contribution in [2.24, 2.45) is 5.92 Å². The molecule has 0 heterocycles. The topological polar surface area (TPSA) is 47.6 Å². The number of amides is 1. The predicted molar refractivity (Wildman–Crippen MR) is 72.4 cm³/mol. The van der Waals surface area contributed by atoms with Crippen molar-refractivity contribution >= 4 is 11.6 Å². The Balaban J connectivity index is 2.96. The van der Waals surface area contributed by atoms with Crippen molar-refractivity contribution in [2.45, 2.75) is 27.2 Å². The molecular formula is C14H21NO3. The summed E-state index contributed by atoms with van der Waals surface area (Å²) in [7, 11) is 3.19. The van der Waals surface area contributed by atoms with Gasteiger partial charge in [-0.1, -0.05) is 13.8 Å². The van der Waals surface area contributed by atoms with Crippen LogP contribution in [0.15, 0.2) is 12.1 Å². The Bertz CT molecular complexity index is 427. The molecule has 0 atom stereocenters. The van der Waals surface area contributed by atoms with Crippen LogP contribution in [-0.2, 0) is 4.79 Å². The molecule has 0 spiro atoms. The number of rotatable bonds is 5. The SMILES string of the molecule is COc1ccc(NC(=O)CC(C)C)c(OC)c1C. The van der Waals surface area contributed by atoms with Crippen molar-refractivity contribution in [3.63, 3.8) is 0 Å². The number of hydrogen-bond acceptors (Lipinski definition) is 3. The van der Waals surface area contributed by atoms with Gasteiger partial charge >= 0.3 is 0 Å². The molecular weight excluding hydrogens is 230 g/mol. The van der Waals surface area contributed by atoms with E-state index in [1.165, 1.54) is 0 Å². The van der Waals surface area contributed by atoms with E-state index in [1.54, 1.807) is 20.3 Å². The highest BCUT2D eigenvalue weighted by Crippen LogP contribution is 2.34. The van der Waals surface area contributed by atoms with Crippen molar-refractivity contribution in [1.29, 1.82) is 0 Å². The van der Waals surface area contributed by atoms with E-state index in [4.69, 9.17) is 9.47 Å². The number of carbonyl (C=O) groups is 1. The average Bonchev–Trinajstić information content (AvgIpc) is 2.28. The molecule has 0 aliphatic rings. The number of ether oxygens (including phenoxy) is 2. The van der Waals surface area contributed by atoms with Crippen molar-refractivity contribution in [2.75, 3.05) is 19.5 Å². The molecule has 0 unspecified atom stereocenters. The highest BCUT2D eigenvalue weighted by molar-refractivity contribution is 5.92. The van der Waals surface area contributed by atoms with E-state index < -0.39 is 0 Å². The zero-order valence-corrected chi connectivity index (χ0v) is 11.7. The molecule has 0 fully saturated rings. The number of carbonyl (C=O) groups excluding carboxylic acids is 1. The molecule has 4 nitrogen and oxygen atoms in total. The summed E-state index contributed by atoms with van der Waals surface area (Å²) in [6, 6.07) is 3.62. The van der Waals surface area contributed by atoms with Gasteiger partial charge in [-0.05, 0) is 25.0 Å². The highest BCUT2D eigenvalue weighted by atomic mass is 16.5. The first kappa shape index (κ1) is 14.4. The lowest BCUT2D eigenvalue weighted by Crippen LogP contribution is -2.14. The molecule has 0 radical (unpaired) electrons. The second kappa shape index (κ2) is 6.28. The van der Waals surface area contributed by atoms with Crippen LogP contribution in [0.5, 0.6) is 11.5 Å². The summed E-state index contributed by atoms with van der Waals surface area (Å²) < 4.78 is 10.5. The highest BCUT2D eigenvalue weighted by Gasteiger charge is 2.13. The van der Waals surface area contributed by atoms with Gasteiger partial charge in [0.05, 0.1) is 19.9 Å². The average molecular weight is 251 g/mol. The molecule has 0 aliphatic heterocycles. The van der Waals surface area contributed by atoms with Gasteiger partial charge in [-0.25, -0.2) is 0 Å². The van der Waals surface area contributed by atoms with Crippen LogP contribution in [0.4, 0.5) is 5.69 Å². The largest absolute Gasteiger partial charge is 0.496 e. The van der Waals surface area contributed by atoms with Crippen molar-refractivity contribution < 1.29 is 14.3 Å². The Kier molecular flexibility index (Phi) is 5.01. The van der Waals surface area contributed by atoms with E-state index in [1.807, 2.05) is 26.8 Å². The maximum atomic E-state index is 11.8. The van der Waals surface area contributed by atoms with E-state index in [9.17, 15) is 4.79 Å². The Morgan fingerprint density at radius 1 is 1.28 bits per heavy atom. The van der Waals surface area contributed by atoms with E-state index >= 15 is 0 Å². The van der Waals surface area contributed by atoms with Crippen LogP contribution < -0.4 is 14.8 Å². The molecule has 0 aromatic heterocycles. The monoisotopic (exact) mass is 251 g/mol. The van der Waals surface area contributed by atoms with Gasteiger partial charge in [0.25, 0.3) is 0 Å². The zero-order chi connectivity index (χ0) is 13.7. The summed E-state index contributed by atoms with van der Waals surface area (Å²) in [4.78, 5) is 11.8. The predicted octanol–water partition coefficient (Wildman–Crippen LogP) is 3.00. The van der Waals surface area contributed by atoms with Gasteiger partial charge in [-0.2, -0.15) is 0 Å². The summed E-state index contributed by atoms with van der Waals surface area (Å²) in [6.45, 7) is 5.92. The first-order chi connectivity index (χ1) is 8.49. The van der Waals surface area contributed by atoms with Gasteiger partial charge in [-0.3, -0.25) is 4.79 Å².